The molecule has 2 atom stereocenters. The number of halogens is 2. The number of amides is 1. The van der Waals surface area contributed by atoms with Crippen molar-refractivity contribution >= 4 is 29.1 Å². The maximum Gasteiger partial charge on any atom is 0.226 e. The highest BCUT2D eigenvalue weighted by Crippen LogP contribution is 2.59. The van der Waals surface area contributed by atoms with Crippen LogP contribution >= 0.6 is 23.2 Å². The van der Waals surface area contributed by atoms with Gasteiger partial charge in [0, 0.05) is 23.0 Å². The summed E-state index contributed by atoms with van der Waals surface area (Å²) in [6.07, 6.45) is 3.28. The van der Waals surface area contributed by atoms with Crippen LogP contribution in [0.2, 0.25) is 10.0 Å². The molecule has 2 fully saturated rings. The van der Waals surface area contributed by atoms with Gasteiger partial charge in [0.05, 0.1) is 6.04 Å². The normalized spacial score (nSPS) is 24.1. The summed E-state index contributed by atoms with van der Waals surface area (Å²) >= 11 is 12.2. The van der Waals surface area contributed by atoms with Gasteiger partial charge in [0.1, 0.15) is 0 Å². The number of hydrogen-bond donors (Lipinski definition) is 1. The lowest BCUT2D eigenvalue weighted by atomic mass is 9.91. The molecule has 1 saturated carbocycles. The molecule has 1 saturated heterocycles. The molecule has 5 heteroatoms. The topological polar surface area (TPSA) is 32.3 Å². The second kappa shape index (κ2) is 6.03. The minimum Gasteiger partial charge on any atom is -0.339 e. The second-order valence-corrected chi connectivity index (χ2v) is 7.50. The van der Waals surface area contributed by atoms with E-state index in [1.165, 1.54) is 0 Å². The van der Waals surface area contributed by atoms with Crippen LogP contribution < -0.4 is 5.32 Å². The van der Waals surface area contributed by atoms with Crippen molar-refractivity contribution in [2.75, 3.05) is 20.1 Å². The highest BCUT2D eigenvalue weighted by Gasteiger charge is 2.58. The molecular formula is C17H22Cl2N2O. The monoisotopic (exact) mass is 340 g/mol. The fourth-order valence-corrected chi connectivity index (χ4v) is 4.23. The third-order valence-corrected chi connectivity index (χ3v) is 5.99. The number of hydrogen-bond acceptors (Lipinski definition) is 2. The number of rotatable bonds is 3. The zero-order valence-electron chi connectivity index (χ0n) is 13.0. The Morgan fingerprint density at radius 1 is 1.36 bits per heavy atom. The smallest absolute Gasteiger partial charge is 0.226 e. The predicted molar refractivity (Wildman–Crippen MR) is 90.3 cm³/mol. The summed E-state index contributed by atoms with van der Waals surface area (Å²) in [6.45, 7) is 4.09. The summed E-state index contributed by atoms with van der Waals surface area (Å²) in [5.41, 5.74) is 1.21. The molecule has 1 heterocycles. The van der Waals surface area contributed by atoms with E-state index in [4.69, 9.17) is 23.2 Å². The minimum atomic E-state index is -0.0448. The maximum atomic E-state index is 12.8. The Hall–Kier alpha value is -0.770. The summed E-state index contributed by atoms with van der Waals surface area (Å²) in [4.78, 5) is 14.7. The van der Waals surface area contributed by atoms with Crippen molar-refractivity contribution in [3.8, 4) is 0 Å². The zero-order chi connectivity index (χ0) is 15.9. The largest absolute Gasteiger partial charge is 0.339 e. The van der Waals surface area contributed by atoms with E-state index < -0.39 is 0 Å². The van der Waals surface area contributed by atoms with Crippen LogP contribution in [-0.4, -0.2) is 30.9 Å². The molecular weight excluding hydrogens is 319 g/mol. The molecule has 1 aromatic carbocycles. The lowest BCUT2D eigenvalue weighted by Crippen LogP contribution is -2.35. The van der Waals surface area contributed by atoms with Crippen LogP contribution in [0.1, 0.15) is 37.8 Å². The van der Waals surface area contributed by atoms with Gasteiger partial charge in [-0.1, -0.05) is 29.3 Å². The van der Waals surface area contributed by atoms with E-state index in [0.29, 0.717) is 10.0 Å². The molecule has 1 amide bonds. The van der Waals surface area contributed by atoms with E-state index in [1.807, 2.05) is 31.0 Å². The molecule has 0 aromatic heterocycles. The highest BCUT2D eigenvalue weighted by molar-refractivity contribution is 6.35. The number of nitrogens with one attached hydrogen (secondary N) is 1. The number of nitrogens with zero attached hydrogens (tertiary/aromatic N) is 1. The molecule has 3 rings (SSSR count). The van der Waals surface area contributed by atoms with E-state index >= 15 is 0 Å². The van der Waals surface area contributed by atoms with Crippen LogP contribution in [0.4, 0.5) is 0 Å². The van der Waals surface area contributed by atoms with Gasteiger partial charge in [-0.25, -0.2) is 0 Å². The molecule has 0 bridgehead atoms. The molecule has 120 valence electrons. The molecule has 3 nitrogen and oxygen atoms in total. The predicted octanol–water partition coefficient (Wildman–Crippen LogP) is 3.90. The summed E-state index contributed by atoms with van der Waals surface area (Å²) in [5, 5.41) is 4.61. The quantitative estimate of drug-likeness (QED) is 0.904. The van der Waals surface area contributed by atoms with E-state index in [9.17, 15) is 4.79 Å². The molecule has 1 aliphatic carbocycles. The number of carbonyl (C=O) groups excluding carboxylic acids is 1. The molecule has 1 aliphatic heterocycles. The van der Waals surface area contributed by atoms with Crippen LogP contribution in [0.5, 0.6) is 0 Å². The summed E-state index contributed by atoms with van der Waals surface area (Å²) in [5.74, 6) is 0.438. The molecule has 0 radical (unpaired) electrons. The van der Waals surface area contributed by atoms with Crippen LogP contribution in [0.25, 0.3) is 0 Å². The number of piperidine rings is 1. The van der Waals surface area contributed by atoms with Crippen molar-refractivity contribution < 1.29 is 4.79 Å². The van der Waals surface area contributed by atoms with Gasteiger partial charge >= 0.3 is 0 Å². The van der Waals surface area contributed by atoms with E-state index in [0.717, 1.165) is 37.9 Å². The van der Waals surface area contributed by atoms with Gasteiger partial charge in [-0.3, -0.25) is 4.79 Å². The first kappa shape index (κ1) is 16.1. The highest BCUT2D eigenvalue weighted by atomic mass is 35.5. The number of benzene rings is 1. The van der Waals surface area contributed by atoms with Crippen molar-refractivity contribution in [2.24, 2.45) is 11.3 Å². The Kier molecular flexibility index (Phi) is 4.41. The van der Waals surface area contributed by atoms with Crippen molar-refractivity contribution in [1.82, 2.24) is 10.2 Å². The minimum absolute atomic E-state index is 0.0448. The molecule has 2 unspecified atom stereocenters. The SMILES string of the molecule is CC(c1ccc(Cl)cc1Cl)N(C)C(=O)C1CC12CCNCC2. The van der Waals surface area contributed by atoms with Gasteiger partial charge in [0.15, 0.2) is 0 Å². The summed E-state index contributed by atoms with van der Waals surface area (Å²) < 4.78 is 0. The second-order valence-electron chi connectivity index (χ2n) is 6.66. The zero-order valence-corrected chi connectivity index (χ0v) is 14.5. The third kappa shape index (κ3) is 2.86. The van der Waals surface area contributed by atoms with Crippen molar-refractivity contribution in [3.05, 3.63) is 33.8 Å². The number of carbonyl (C=O) groups is 1. The fraction of sp³-hybridized carbons (Fsp3) is 0.588. The Morgan fingerprint density at radius 3 is 2.68 bits per heavy atom. The van der Waals surface area contributed by atoms with E-state index in [1.54, 1.807) is 6.07 Å². The first-order valence-corrected chi connectivity index (χ1v) is 8.62. The van der Waals surface area contributed by atoms with Gasteiger partial charge in [-0.05, 0) is 62.4 Å². The summed E-state index contributed by atoms with van der Waals surface area (Å²) in [6, 6.07) is 5.42. The molecule has 1 N–H and O–H groups in total. The lowest BCUT2D eigenvalue weighted by Gasteiger charge is -2.29. The van der Waals surface area contributed by atoms with Crippen LogP contribution in [0.15, 0.2) is 18.2 Å². The molecule has 1 spiro atoms. The molecule has 1 aromatic rings. The fourth-order valence-electron chi connectivity index (χ4n) is 3.66. The first-order chi connectivity index (χ1) is 10.4. The Labute approximate surface area is 142 Å². The van der Waals surface area contributed by atoms with Gasteiger partial charge in [0.25, 0.3) is 0 Å². The van der Waals surface area contributed by atoms with Gasteiger partial charge in [-0.2, -0.15) is 0 Å². The van der Waals surface area contributed by atoms with Crippen molar-refractivity contribution in [3.63, 3.8) is 0 Å². The van der Waals surface area contributed by atoms with E-state index in [2.05, 4.69) is 5.32 Å². The standard InChI is InChI=1S/C17H22Cl2N2O/c1-11(13-4-3-12(18)9-15(13)19)21(2)16(22)14-10-17(14)5-7-20-8-6-17/h3-4,9,11,14,20H,5-8,10H2,1-2H3. The first-order valence-electron chi connectivity index (χ1n) is 7.87. The van der Waals surface area contributed by atoms with Crippen LogP contribution in [0, 0.1) is 11.3 Å². The summed E-state index contributed by atoms with van der Waals surface area (Å²) in [7, 11) is 1.88. The van der Waals surface area contributed by atoms with Gasteiger partial charge in [0.2, 0.25) is 5.91 Å². The van der Waals surface area contributed by atoms with Gasteiger partial charge in [-0.15, -0.1) is 0 Å². The average molecular weight is 341 g/mol. The lowest BCUT2D eigenvalue weighted by molar-refractivity contribution is -0.134. The third-order valence-electron chi connectivity index (χ3n) is 5.43. The molecule has 2 aliphatic rings. The Morgan fingerprint density at radius 2 is 2.05 bits per heavy atom. The van der Waals surface area contributed by atoms with E-state index in [-0.39, 0.29) is 23.3 Å². The Bertz CT molecular complexity index is 584. The van der Waals surface area contributed by atoms with Crippen LogP contribution in [-0.2, 0) is 4.79 Å². The van der Waals surface area contributed by atoms with Crippen molar-refractivity contribution in [1.29, 1.82) is 0 Å². The molecule has 22 heavy (non-hydrogen) atoms. The Balaban J connectivity index is 1.70. The maximum absolute atomic E-state index is 12.8. The van der Waals surface area contributed by atoms with Gasteiger partial charge < -0.3 is 10.2 Å². The van der Waals surface area contributed by atoms with Crippen molar-refractivity contribution in [2.45, 2.75) is 32.2 Å². The van der Waals surface area contributed by atoms with Crippen LogP contribution in [0.3, 0.4) is 0 Å². The average Bonchev–Trinajstić information content (AvgIpc) is 3.19.